The van der Waals surface area contributed by atoms with Crippen molar-refractivity contribution in [2.24, 2.45) is 0 Å². The first-order valence-electron chi connectivity index (χ1n) is 5.32. The van der Waals surface area contributed by atoms with Crippen LogP contribution in [0.2, 0.25) is 25.7 Å². The summed E-state index contributed by atoms with van der Waals surface area (Å²) in [4.78, 5) is 11.6. The molecule has 0 bridgehead atoms. The molecule has 0 aliphatic carbocycles. The Bertz CT molecular complexity index is 316. The standard InChI is InChI=1S/C12H19NOSi/c1-15(2,3)10-9-12(14)13-11-7-5-4-6-8-11/h4-8H,9-10H2,1-3H3,(H,13,14). The molecule has 0 saturated heterocycles. The number of amides is 1. The Kier molecular flexibility index (Phi) is 4.09. The van der Waals surface area contributed by atoms with Crippen LogP contribution in [0, 0.1) is 0 Å². The Morgan fingerprint density at radius 2 is 1.80 bits per heavy atom. The van der Waals surface area contributed by atoms with Crippen molar-refractivity contribution < 1.29 is 4.79 Å². The predicted octanol–water partition coefficient (Wildman–Crippen LogP) is 3.35. The monoisotopic (exact) mass is 221 g/mol. The van der Waals surface area contributed by atoms with Crippen LogP contribution in [-0.2, 0) is 4.79 Å². The predicted molar refractivity (Wildman–Crippen MR) is 67.8 cm³/mol. The molecule has 0 fully saturated rings. The van der Waals surface area contributed by atoms with E-state index in [0.717, 1.165) is 11.7 Å². The highest BCUT2D eigenvalue weighted by Gasteiger charge is 2.14. The van der Waals surface area contributed by atoms with Gasteiger partial charge in [0.2, 0.25) is 5.91 Å². The molecule has 0 aliphatic rings. The quantitative estimate of drug-likeness (QED) is 0.776. The fraction of sp³-hybridized carbons (Fsp3) is 0.417. The third kappa shape index (κ3) is 5.37. The molecule has 1 amide bonds. The van der Waals surface area contributed by atoms with Crippen molar-refractivity contribution in [3.8, 4) is 0 Å². The van der Waals surface area contributed by atoms with Gasteiger partial charge >= 0.3 is 0 Å². The van der Waals surface area contributed by atoms with E-state index in [-0.39, 0.29) is 5.91 Å². The molecule has 1 aromatic rings. The van der Waals surface area contributed by atoms with Crippen molar-refractivity contribution in [3.05, 3.63) is 30.3 Å². The summed E-state index contributed by atoms with van der Waals surface area (Å²) < 4.78 is 0. The number of para-hydroxylation sites is 1. The third-order valence-corrected chi connectivity index (χ3v) is 3.91. The molecule has 0 aromatic heterocycles. The van der Waals surface area contributed by atoms with Crippen molar-refractivity contribution in [3.63, 3.8) is 0 Å². The average molecular weight is 221 g/mol. The Morgan fingerprint density at radius 1 is 1.20 bits per heavy atom. The molecule has 0 heterocycles. The van der Waals surface area contributed by atoms with Gasteiger partial charge in [0.15, 0.2) is 0 Å². The van der Waals surface area contributed by atoms with Gasteiger partial charge in [-0.05, 0) is 18.2 Å². The lowest BCUT2D eigenvalue weighted by molar-refractivity contribution is -0.115. The van der Waals surface area contributed by atoms with Gasteiger partial charge in [0.05, 0.1) is 0 Å². The van der Waals surface area contributed by atoms with Crippen LogP contribution in [-0.4, -0.2) is 14.0 Å². The van der Waals surface area contributed by atoms with Gasteiger partial charge in [0, 0.05) is 20.2 Å². The summed E-state index contributed by atoms with van der Waals surface area (Å²) in [6.07, 6.45) is 0.643. The summed E-state index contributed by atoms with van der Waals surface area (Å²) >= 11 is 0. The van der Waals surface area contributed by atoms with E-state index in [0.29, 0.717) is 6.42 Å². The maximum Gasteiger partial charge on any atom is 0.224 e. The molecule has 1 aromatic carbocycles. The Labute approximate surface area is 92.7 Å². The Hall–Kier alpha value is -1.09. The van der Waals surface area contributed by atoms with Crippen molar-refractivity contribution in [1.82, 2.24) is 0 Å². The Morgan fingerprint density at radius 3 is 2.33 bits per heavy atom. The largest absolute Gasteiger partial charge is 0.326 e. The van der Waals surface area contributed by atoms with Crippen molar-refractivity contribution >= 4 is 19.7 Å². The molecule has 1 N–H and O–H groups in total. The summed E-state index contributed by atoms with van der Waals surface area (Å²) in [6.45, 7) is 6.84. The molecule has 0 spiro atoms. The fourth-order valence-corrected chi connectivity index (χ4v) is 2.21. The number of nitrogens with one attached hydrogen (secondary N) is 1. The van der Waals surface area contributed by atoms with Gasteiger partial charge in [-0.15, -0.1) is 0 Å². The second-order valence-electron chi connectivity index (χ2n) is 4.97. The lowest BCUT2D eigenvalue weighted by atomic mass is 10.3. The minimum Gasteiger partial charge on any atom is -0.326 e. The number of benzene rings is 1. The van der Waals surface area contributed by atoms with E-state index in [9.17, 15) is 4.79 Å². The summed E-state index contributed by atoms with van der Waals surface area (Å²) in [5, 5.41) is 2.90. The number of carbonyl (C=O) groups is 1. The highest BCUT2D eigenvalue weighted by Crippen LogP contribution is 2.12. The van der Waals surface area contributed by atoms with Gasteiger partial charge < -0.3 is 5.32 Å². The lowest BCUT2D eigenvalue weighted by Gasteiger charge is -2.14. The first kappa shape index (κ1) is 12.0. The van der Waals surface area contributed by atoms with E-state index in [1.165, 1.54) is 0 Å². The molecule has 0 atom stereocenters. The number of rotatable bonds is 4. The number of hydrogen-bond acceptors (Lipinski definition) is 1. The molecule has 3 heteroatoms. The lowest BCUT2D eigenvalue weighted by Crippen LogP contribution is -2.22. The molecule has 0 unspecified atom stereocenters. The topological polar surface area (TPSA) is 29.1 Å². The third-order valence-electron chi connectivity index (χ3n) is 2.16. The van der Waals surface area contributed by atoms with E-state index in [4.69, 9.17) is 0 Å². The molecule has 0 saturated carbocycles. The zero-order valence-electron chi connectivity index (χ0n) is 9.71. The van der Waals surface area contributed by atoms with Gasteiger partial charge in [0.1, 0.15) is 0 Å². The minimum absolute atomic E-state index is 0.128. The average Bonchev–Trinajstić information content (AvgIpc) is 2.15. The van der Waals surface area contributed by atoms with Gasteiger partial charge in [-0.1, -0.05) is 37.8 Å². The first-order valence-corrected chi connectivity index (χ1v) is 9.03. The Balaban J connectivity index is 2.38. The highest BCUT2D eigenvalue weighted by molar-refractivity contribution is 6.76. The van der Waals surface area contributed by atoms with E-state index in [1.807, 2.05) is 30.3 Å². The molecule has 0 aliphatic heterocycles. The zero-order chi connectivity index (χ0) is 11.3. The number of hydrogen-bond donors (Lipinski definition) is 1. The fourth-order valence-electron chi connectivity index (χ4n) is 1.23. The molecule has 82 valence electrons. The number of carbonyl (C=O) groups excluding carboxylic acids is 1. The van der Waals surface area contributed by atoms with Crippen LogP contribution in [0.5, 0.6) is 0 Å². The van der Waals surface area contributed by atoms with Crippen LogP contribution < -0.4 is 5.32 Å². The first-order chi connectivity index (χ1) is 6.97. The molecular weight excluding hydrogens is 202 g/mol. The summed E-state index contributed by atoms with van der Waals surface area (Å²) in [5.41, 5.74) is 0.887. The van der Waals surface area contributed by atoms with Gasteiger partial charge in [-0.3, -0.25) is 4.79 Å². The van der Waals surface area contributed by atoms with Gasteiger partial charge in [0.25, 0.3) is 0 Å². The highest BCUT2D eigenvalue weighted by atomic mass is 28.3. The van der Waals surface area contributed by atoms with Crippen LogP contribution in [0.15, 0.2) is 30.3 Å². The van der Waals surface area contributed by atoms with Crippen LogP contribution in [0.25, 0.3) is 0 Å². The van der Waals surface area contributed by atoms with Gasteiger partial charge in [-0.2, -0.15) is 0 Å². The summed E-state index contributed by atoms with van der Waals surface area (Å²) in [6, 6.07) is 10.7. The summed E-state index contributed by atoms with van der Waals surface area (Å²) in [5.74, 6) is 0.128. The van der Waals surface area contributed by atoms with Crippen molar-refractivity contribution in [2.45, 2.75) is 32.1 Å². The SMILES string of the molecule is C[Si](C)(C)CCC(=O)Nc1ccccc1. The molecule has 1 rings (SSSR count). The van der Waals surface area contributed by atoms with Crippen LogP contribution >= 0.6 is 0 Å². The second kappa shape index (κ2) is 5.12. The van der Waals surface area contributed by atoms with Crippen molar-refractivity contribution in [1.29, 1.82) is 0 Å². The minimum atomic E-state index is -1.10. The van der Waals surface area contributed by atoms with E-state index in [1.54, 1.807) is 0 Å². The van der Waals surface area contributed by atoms with Gasteiger partial charge in [-0.25, -0.2) is 0 Å². The van der Waals surface area contributed by atoms with E-state index in [2.05, 4.69) is 25.0 Å². The number of anilines is 1. The van der Waals surface area contributed by atoms with Crippen LogP contribution in [0.1, 0.15) is 6.42 Å². The smallest absolute Gasteiger partial charge is 0.224 e. The van der Waals surface area contributed by atoms with Crippen LogP contribution in [0.4, 0.5) is 5.69 Å². The second-order valence-corrected chi connectivity index (χ2v) is 10.6. The zero-order valence-corrected chi connectivity index (χ0v) is 10.7. The van der Waals surface area contributed by atoms with Crippen LogP contribution in [0.3, 0.4) is 0 Å². The summed E-state index contributed by atoms with van der Waals surface area (Å²) in [7, 11) is -1.10. The molecule has 15 heavy (non-hydrogen) atoms. The molecule has 0 radical (unpaired) electrons. The molecule has 2 nitrogen and oxygen atoms in total. The maximum atomic E-state index is 11.6. The maximum absolute atomic E-state index is 11.6. The normalized spacial score (nSPS) is 11.1. The van der Waals surface area contributed by atoms with E-state index < -0.39 is 8.07 Å². The van der Waals surface area contributed by atoms with E-state index >= 15 is 0 Å². The van der Waals surface area contributed by atoms with Crippen molar-refractivity contribution in [2.75, 3.05) is 5.32 Å². The molecular formula is C12H19NOSi.